The van der Waals surface area contributed by atoms with Crippen LogP contribution in [0, 0.1) is 11.8 Å². The number of carbonyl (C=O) groups is 3. The maximum absolute atomic E-state index is 12.8. The Hall–Kier alpha value is -1.59. The van der Waals surface area contributed by atoms with E-state index in [-0.39, 0.29) is 31.1 Å². The summed E-state index contributed by atoms with van der Waals surface area (Å²) in [5.41, 5.74) is 0. The van der Waals surface area contributed by atoms with Gasteiger partial charge in [0.2, 0.25) is 0 Å². The highest BCUT2D eigenvalue weighted by molar-refractivity contribution is 5.71. The minimum absolute atomic E-state index is 0.0631. The van der Waals surface area contributed by atoms with Crippen LogP contribution in [0.5, 0.6) is 0 Å². The van der Waals surface area contributed by atoms with Crippen LogP contribution in [0.25, 0.3) is 0 Å². The first-order valence-corrected chi connectivity index (χ1v) is 28.3. The molecule has 0 N–H and O–H groups in total. The lowest BCUT2D eigenvalue weighted by atomic mass is 9.99. The lowest BCUT2D eigenvalue weighted by Crippen LogP contribution is -2.30. The molecule has 2 atom stereocenters. The van der Waals surface area contributed by atoms with Crippen LogP contribution >= 0.6 is 0 Å². The Bertz CT molecular complexity index is 964. The molecule has 0 aliphatic rings. The van der Waals surface area contributed by atoms with E-state index in [1.807, 2.05) is 0 Å². The quantitative estimate of drug-likeness (QED) is 0.0344. The third-order valence-electron chi connectivity index (χ3n) is 13.3. The molecule has 0 amide bonds. The van der Waals surface area contributed by atoms with Crippen LogP contribution in [0.15, 0.2) is 0 Å². The molecule has 0 radical (unpaired) electrons. The van der Waals surface area contributed by atoms with Crippen LogP contribution in [-0.4, -0.2) is 37.2 Å². The Labute approximate surface area is 393 Å². The second-order valence-corrected chi connectivity index (χ2v) is 20.3. The molecule has 6 heteroatoms. The average molecular weight is 892 g/mol. The fourth-order valence-electron chi connectivity index (χ4n) is 8.66. The zero-order valence-corrected chi connectivity index (χ0v) is 43.2. The van der Waals surface area contributed by atoms with Gasteiger partial charge in [-0.3, -0.25) is 14.4 Å². The normalized spacial score (nSPS) is 12.5. The van der Waals surface area contributed by atoms with Gasteiger partial charge in [0.1, 0.15) is 13.2 Å². The fourth-order valence-corrected chi connectivity index (χ4v) is 8.66. The van der Waals surface area contributed by atoms with Gasteiger partial charge >= 0.3 is 17.9 Å². The van der Waals surface area contributed by atoms with Crippen molar-refractivity contribution >= 4 is 17.9 Å². The van der Waals surface area contributed by atoms with E-state index in [0.29, 0.717) is 19.3 Å². The van der Waals surface area contributed by atoms with Crippen molar-refractivity contribution in [2.45, 2.75) is 323 Å². The Morgan fingerprint density at radius 1 is 0.333 bits per heavy atom. The fraction of sp³-hybridized carbons (Fsp3) is 0.947. The maximum atomic E-state index is 12.8. The number of carbonyl (C=O) groups excluding carboxylic acids is 3. The standard InChI is InChI=1S/C57H110O6/c1-6-8-9-10-11-12-13-14-16-21-24-27-34-39-44-49-57(60)63-54(51-62-56(59)48-43-38-33-29-28-31-36-41-46-53(5)7-2)50-61-55(58)47-42-37-32-26-23-20-18-15-17-19-22-25-30-35-40-45-52(3)4/h52-54H,6-51H2,1-5H3/t53?,54-/m0/s1. The molecule has 0 bridgehead atoms. The molecule has 374 valence electrons. The van der Waals surface area contributed by atoms with E-state index in [1.165, 1.54) is 205 Å². The van der Waals surface area contributed by atoms with Gasteiger partial charge < -0.3 is 14.2 Å². The molecular formula is C57H110O6. The van der Waals surface area contributed by atoms with Crippen molar-refractivity contribution < 1.29 is 28.6 Å². The molecule has 1 unspecified atom stereocenters. The third-order valence-corrected chi connectivity index (χ3v) is 13.3. The van der Waals surface area contributed by atoms with Gasteiger partial charge in [-0.1, -0.05) is 279 Å². The zero-order chi connectivity index (χ0) is 46.1. The van der Waals surface area contributed by atoms with Crippen molar-refractivity contribution in [2.24, 2.45) is 11.8 Å². The predicted octanol–water partition coefficient (Wildman–Crippen LogP) is 18.5. The number of hydrogen-bond donors (Lipinski definition) is 0. The minimum atomic E-state index is -0.762. The highest BCUT2D eigenvalue weighted by Gasteiger charge is 2.19. The van der Waals surface area contributed by atoms with Gasteiger partial charge in [0.25, 0.3) is 0 Å². The molecular weight excluding hydrogens is 781 g/mol. The first kappa shape index (κ1) is 61.4. The molecule has 0 aliphatic heterocycles. The van der Waals surface area contributed by atoms with Crippen molar-refractivity contribution in [3.63, 3.8) is 0 Å². The predicted molar refractivity (Wildman–Crippen MR) is 270 cm³/mol. The van der Waals surface area contributed by atoms with E-state index in [4.69, 9.17) is 14.2 Å². The summed E-state index contributed by atoms with van der Waals surface area (Å²) in [4.78, 5) is 38.1. The Morgan fingerprint density at radius 2 is 0.603 bits per heavy atom. The number of esters is 3. The molecule has 0 aromatic heterocycles. The van der Waals surface area contributed by atoms with E-state index in [1.54, 1.807) is 0 Å². The minimum Gasteiger partial charge on any atom is -0.462 e. The molecule has 0 aromatic rings. The van der Waals surface area contributed by atoms with Crippen LogP contribution in [-0.2, 0) is 28.6 Å². The molecule has 0 rings (SSSR count). The summed E-state index contributed by atoms with van der Waals surface area (Å²) < 4.78 is 16.9. The van der Waals surface area contributed by atoms with Crippen LogP contribution in [0.4, 0.5) is 0 Å². The van der Waals surface area contributed by atoms with Gasteiger partial charge in [-0.15, -0.1) is 0 Å². The summed E-state index contributed by atoms with van der Waals surface area (Å²) >= 11 is 0. The van der Waals surface area contributed by atoms with Gasteiger partial charge in [-0.2, -0.15) is 0 Å². The van der Waals surface area contributed by atoms with E-state index < -0.39 is 6.10 Å². The Balaban J connectivity index is 4.29. The second kappa shape index (κ2) is 49.8. The lowest BCUT2D eigenvalue weighted by Gasteiger charge is -2.18. The monoisotopic (exact) mass is 891 g/mol. The number of ether oxygens (including phenoxy) is 3. The van der Waals surface area contributed by atoms with Crippen LogP contribution in [0.1, 0.15) is 317 Å². The van der Waals surface area contributed by atoms with Crippen molar-refractivity contribution in [1.82, 2.24) is 0 Å². The molecule has 0 heterocycles. The lowest BCUT2D eigenvalue weighted by molar-refractivity contribution is -0.167. The first-order valence-electron chi connectivity index (χ1n) is 28.3. The van der Waals surface area contributed by atoms with Gasteiger partial charge in [0.15, 0.2) is 6.10 Å². The Morgan fingerprint density at radius 3 is 0.905 bits per heavy atom. The van der Waals surface area contributed by atoms with E-state index in [2.05, 4.69) is 34.6 Å². The smallest absolute Gasteiger partial charge is 0.306 e. The highest BCUT2D eigenvalue weighted by Crippen LogP contribution is 2.18. The summed E-state index contributed by atoms with van der Waals surface area (Å²) in [6.45, 7) is 11.4. The molecule has 0 spiro atoms. The summed E-state index contributed by atoms with van der Waals surface area (Å²) in [5, 5.41) is 0. The molecule has 0 saturated carbocycles. The highest BCUT2D eigenvalue weighted by atomic mass is 16.6. The summed E-state index contributed by atoms with van der Waals surface area (Å²) in [5.74, 6) is 0.855. The van der Waals surface area contributed by atoms with Gasteiger partial charge in [0, 0.05) is 19.3 Å². The largest absolute Gasteiger partial charge is 0.462 e. The van der Waals surface area contributed by atoms with Crippen molar-refractivity contribution in [3.05, 3.63) is 0 Å². The summed E-state index contributed by atoms with van der Waals surface area (Å²) in [6.07, 6.45) is 52.3. The molecule has 6 nitrogen and oxygen atoms in total. The Kier molecular flexibility index (Phi) is 48.6. The van der Waals surface area contributed by atoms with Gasteiger partial charge in [-0.05, 0) is 31.1 Å². The average Bonchev–Trinajstić information content (AvgIpc) is 3.27. The van der Waals surface area contributed by atoms with Crippen molar-refractivity contribution in [1.29, 1.82) is 0 Å². The second-order valence-electron chi connectivity index (χ2n) is 20.3. The molecule has 0 aliphatic carbocycles. The first-order chi connectivity index (χ1) is 30.8. The number of unbranched alkanes of at least 4 members (excludes halogenated alkanes) is 35. The van der Waals surface area contributed by atoms with Crippen LogP contribution in [0.3, 0.4) is 0 Å². The maximum Gasteiger partial charge on any atom is 0.306 e. The van der Waals surface area contributed by atoms with Crippen molar-refractivity contribution in [2.75, 3.05) is 13.2 Å². The molecule has 0 saturated heterocycles. The van der Waals surface area contributed by atoms with E-state index >= 15 is 0 Å². The van der Waals surface area contributed by atoms with Crippen LogP contribution in [0.2, 0.25) is 0 Å². The zero-order valence-electron chi connectivity index (χ0n) is 43.2. The van der Waals surface area contributed by atoms with Crippen molar-refractivity contribution in [3.8, 4) is 0 Å². The topological polar surface area (TPSA) is 78.9 Å². The third kappa shape index (κ3) is 49.7. The van der Waals surface area contributed by atoms with E-state index in [9.17, 15) is 14.4 Å². The van der Waals surface area contributed by atoms with E-state index in [0.717, 1.165) is 69.6 Å². The SMILES string of the molecule is CCCCCCCCCCCCCCCCCC(=O)O[C@@H](COC(=O)CCCCCCCCCCCCCCCCCC(C)C)COC(=O)CCCCCCCCCCC(C)CC. The summed E-state index contributed by atoms with van der Waals surface area (Å²) in [6, 6.07) is 0. The van der Waals surface area contributed by atoms with Gasteiger partial charge in [0.05, 0.1) is 0 Å². The van der Waals surface area contributed by atoms with Gasteiger partial charge in [-0.25, -0.2) is 0 Å². The van der Waals surface area contributed by atoms with Crippen LogP contribution < -0.4 is 0 Å². The molecule has 0 aromatic carbocycles. The number of rotatable bonds is 51. The summed E-state index contributed by atoms with van der Waals surface area (Å²) in [7, 11) is 0. The number of hydrogen-bond acceptors (Lipinski definition) is 6. The molecule has 63 heavy (non-hydrogen) atoms. The molecule has 0 fully saturated rings.